The molecule has 0 aliphatic carbocycles. The van der Waals surface area contributed by atoms with Crippen molar-refractivity contribution in [3.8, 4) is 0 Å². The van der Waals surface area contributed by atoms with Crippen molar-refractivity contribution in [1.29, 1.82) is 0 Å². The number of hydrogen-bond acceptors (Lipinski definition) is 4. The van der Waals surface area contributed by atoms with Gasteiger partial charge in [-0.3, -0.25) is 9.69 Å². The summed E-state index contributed by atoms with van der Waals surface area (Å²) in [5.41, 5.74) is 0.575. The van der Waals surface area contributed by atoms with Gasteiger partial charge >= 0.3 is 0 Å². The Morgan fingerprint density at radius 3 is 2.90 bits per heavy atom. The first-order valence-corrected chi connectivity index (χ1v) is 6.90. The number of rotatable bonds is 3. The first kappa shape index (κ1) is 13.2. The summed E-state index contributed by atoms with van der Waals surface area (Å²) in [4.78, 5) is 13.3. The molecule has 1 aromatic heterocycles. The van der Waals surface area contributed by atoms with Crippen LogP contribution in [0.4, 0.5) is 4.39 Å². The lowest BCUT2D eigenvalue weighted by molar-refractivity contribution is -0.118. The molecule has 106 valence electrons. The number of benzene rings is 1. The summed E-state index contributed by atoms with van der Waals surface area (Å²) in [5.74, 6) is 1.05. The standard InChI is InChI=1S/C15H17FN2O2/c1-10(19)9-18-6-4-11(5-7-18)15-13-3-2-12(16)8-14(13)17-20-15/h2-3,8,11H,4-7,9H2,1H3. The maximum Gasteiger partial charge on any atom is 0.147 e. The number of ketones is 1. The second-order valence-electron chi connectivity index (χ2n) is 5.46. The fraction of sp³-hybridized carbons (Fsp3) is 0.467. The van der Waals surface area contributed by atoms with Crippen molar-refractivity contribution in [3.05, 3.63) is 29.8 Å². The van der Waals surface area contributed by atoms with E-state index in [0.717, 1.165) is 37.1 Å². The largest absolute Gasteiger partial charge is 0.360 e. The Balaban J connectivity index is 1.75. The van der Waals surface area contributed by atoms with E-state index in [0.29, 0.717) is 18.0 Å². The van der Waals surface area contributed by atoms with Gasteiger partial charge in [0.1, 0.15) is 22.9 Å². The Morgan fingerprint density at radius 1 is 1.45 bits per heavy atom. The zero-order valence-electron chi connectivity index (χ0n) is 11.4. The van der Waals surface area contributed by atoms with Crippen LogP contribution in [-0.4, -0.2) is 35.5 Å². The highest BCUT2D eigenvalue weighted by Gasteiger charge is 2.25. The van der Waals surface area contributed by atoms with E-state index in [1.807, 2.05) is 0 Å². The normalized spacial score (nSPS) is 17.7. The minimum Gasteiger partial charge on any atom is -0.360 e. The summed E-state index contributed by atoms with van der Waals surface area (Å²) in [6.45, 7) is 3.90. The van der Waals surface area contributed by atoms with Crippen molar-refractivity contribution < 1.29 is 13.7 Å². The fourth-order valence-corrected chi connectivity index (χ4v) is 2.90. The van der Waals surface area contributed by atoms with Crippen LogP contribution in [0.2, 0.25) is 0 Å². The zero-order valence-corrected chi connectivity index (χ0v) is 11.4. The maximum absolute atomic E-state index is 13.1. The van der Waals surface area contributed by atoms with Gasteiger partial charge < -0.3 is 4.52 Å². The number of likely N-dealkylation sites (tertiary alicyclic amines) is 1. The molecule has 5 heteroatoms. The van der Waals surface area contributed by atoms with Gasteiger partial charge in [0.2, 0.25) is 0 Å². The molecule has 0 radical (unpaired) electrons. The molecule has 20 heavy (non-hydrogen) atoms. The van der Waals surface area contributed by atoms with E-state index in [-0.39, 0.29) is 11.6 Å². The van der Waals surface area contributed by atoms with Crippen LogP contribution in [0, 0.1) is 5.82 Å². The number of hydrogen-bond donors (Lipinski definition) is 0. The molecule has 0 atom stereocenters. The third kappa shape index (κ3) is 2.58. The fourth-order valence-electron chi connectivity index (χ4n) is 2.90. The number of fused-ring (bicyclic) bond motifs is 1. The van der Waals surface area contributed by atoms with Gasteiger partial charge in [-0.25, -0.2) is 4.39 Å². The average molecular weight is 276 g/mol. The molecule has 1 aliphatic rings. The molecule has 3 rings (SSSR count). The van der Waals surface area contributed by atoms with E-state index in [2.05, 4.69) is 10.1 Å². The minimum atomic E-state index is -0.298. The number of nitrogens with zero attached hydrogens (tertiary/aromatic N) is 2. The first-order chi connectivity index (χ1) is 9.63. The van der Waals surface area contributed by atoms with Crippen LogP contribution < -0.4 is 0 Å². The maximum atomic E-state index is 13.1. The van der Waals surface area contributed by atoms with Crippen LogP contribution in [0.15, 0.2) is 22.7 Å². The minimum absolute atomic E-state index is 0.198. The molecule has 0 N–H and O–H groups in total. The smallest absolute Gasteiger partial charge is 0.147 e. The van der Waals surface area contributed by atoms with Crippen LogP contribution in [0.1, 0.15) is 31.4 Å². The van der Waals surface area contributed by atoms with Crippen molar-refractivity contribution in [1.82, 2.24) is 10.1 Å². The average Bonchev–Trinajstić information content (AvgIpc) is 2.82. The summed E-state index contributed by atoms with van der Waals surface area (Å²) >= 11 is 0. The Hall–Kier alpha value is -1.75. The molecular formula is C15H17FN2O2. The lowest BCUT2D eigenvalue weighted by Crippen LogP contribution is -2.36. The summed E-state index contributed by atoms with van der Waals surface area (Å²) in [5, 5.41) is 4.84. The zero-order chi connectivity index (χ0) is 14.1. The van der Waals surface area contributed by atoms with E-state index >= 15 is 0 Å². The lowest BCUT2D eigenvalue weighted by atomic mass is 9.92. The number of halogens is 1. The molecular weight excluding hydrogens is 259 g/mol. The third-order valence-electron chi connectivity index (χ3n) is 3.87. The molecule has 2 heterocycles. The quantitative estimate of drug-likeness (QED) is 0.864. The monoisotopic (exact) mass is 276 g/mol. The molecule has 0 amide bonds. The van der Waals surface area contributed by atoms with Crippen LogP contribution in [-0.2, 0) is 4.79 Å². The predicted octanol–water partition coefficient (Wildman–Crippen LogP) is 2.74. The van der Waals surface area contributed by atoms with E-state index < -0.39 is 0 Å². The van der Waals surface area contributed by atoms with E-state index in [4.69, 9.17) is 4.52 Å². The van der Waals surface area contributed by atoms with Crippen molar-refractivity contribution in [2.45, 2.75) is 25.7 Å². The number of carbonyl (C=O) groups is 1. The van der Waals surface area contributed by atoms with Crippen LogP contribution in [0.3, 0.4) is 0 Å². The van der Waals surface area contributed by atoms with Crippen molar-refractivity contribution in [3.63, 3.8) is 0 Å². The predicted molar refractivity (Wildman–Crippen MR) is 73.1 cm³/mol. The number of aromatic nitrogens is 1. The van der Waals surface area contributed by atoms with Crippen LogP contribution >= 0.6 is 0 Å². The van der Waals surface area contributed by atoms with E-state index in [1.165, 1.54) is 12.1 Å². The molecule has 4 nitrogen and oxygen atoms in total. The molecule has 0 bridgehead atoms. The lowest BCUT2D eigenvalue weighted by Gasteiger charge is -2.29. The summed E-state index contributed by atoms with van der Waals surface area (Å²) in [7, 11) is 0. The van der Waals surface area contributed by atoms with Crippen LogP contribution in [0.25, 0.3) is 10.9 Å². The highest BCUT2D eigenvalue weighted by Crippen LogP contribution is 2.33. The highest BCUT2D eigenvalue weighted by molar-refractivity contribution is 5.81. The Bertz CT molecular complexity index is 630. The van der Waals surface area contributed by atoms with Crippen molar-refractivity contribution in [2.24, 2.45) is 0 Å². The summed E-state index contributed by atoms with van der Waals surface area (Å²) < 4.78 is 18.6. The third-order valence-corrected chi connectivity index (χ3v) is 3.87. The van der Waals surface area contributed by atoms with Gasteiger partial charge in [-0.05, 0) is 45.0 Å². The molecule has 0 unspecified atom stereocenters. The van der Waals surface area contributed by atoms with E-state index in [9.17, 15) is 9.18 Å². The number of Topliss-reactive ketones (excluding diaryl/α,β-unsaturated/α-hetero) is 1. The summed E-state index contributed by atoms with van der Waals surface area (Å²) in [6.07, 6.45) is 1.88. The second kappa shape index (κ2) is 5.32. The van der Waals surface area contributed by atoms with Crippen LogP contribution in [0.5, 0.6) is 0 Å². The van der Waals surface area contributed by atoms with Gasteiger partial charge in [0, 0.05) is 17.4 Å². The van der Waals surface area contributed by atoms with Gasteiger partial charge in [-0.1, -0.05) is 5.16 Å². The van der Waals surface area contributed by atoms with Gasteiger partial charge in [-0.15, -0.1) is 0 Å². The van der Waals surface area contributed by atoms with Gasteiger partial charge in [-0.2, -0.15) is 0 Å². The van der Waals surface area contributed by atoms with Gasteiger partial charge in [0.25, 0.3) is 0 Å². The first-order valence-electron chi connectivity index (χ1n) is 6.90. The molecule has 0 saturated carbocycles. The molecule has 1 aromatic carbocycles. The topological polar surface area (TPSA) is 46.3 Å². The number of piperidine rings is 1. The Morgan fingerprint density at radius 2 is 2.20 bits per heavy atom. The Kier molecular flexibility index (Phi) is 3.53. The number of carbonyl (C=O) groups excluding carboxylic acids is 1. The molecule has 2 aromatic rings. The summed E-state index contributed by atoms with van der Waals surface area (Å²) in [6, 6.07) is 4.57. The van der Waals surface area contributed by atoms with E-state index in [1.54, 1.807) is 13.0 Å². The van der Waals surface area contributed by atoms with Gasteiger partial charge in [0.15, 0.2) is 0 Å². The van der Waals surface area contributed by atoms with Gasteiger partial charge in [0.05, 0.1) is 6.54 Å². The second-order valence-corrected chi connectivity index (χ2v) is 5.46. The highest BCUT2D eigenvalue weighted by atomic mass is 19.1. The Labute approximate surface area is 116 Å². The van der Waals surface area contributed by atoms with Crippen molar-refractivity contribution >= 4 is 16.7 Å². The SMILES string of the molecule is CC(=O)CN1CCC(c2onc3cc(F)ccc23)CC1. The molecule has 1 saturated heterocycles. The van der Waals surface area contributed by atoms with Crippen molar-refractivity contribution in [2.75, 3.05) is 19.6 Å². The molecule has 0 spiro atoms. The molecule has 1 aliphatic heterocycles. The molecule has 1 fully saturated rings.